The van der Waals surface area contributed by atoms with Crippen LogP contribution in [0.1, 0.15) is 48.0 Å². The molecule has 1 unspecified atom stereocenters. The molecule has 11 heteroatoms. The molecule has 0 fully saturated rings. The molecule has 192 valence electrons. The van der Waals surface area contributed by atoms with Crippen molar-refractivity contribution in [1.29, 1.82) is 0 Å². The van der Waals surface area contributed by atoms with E-state index < -0.39 is 29.9 Å². The molecule has 0 spiro atoms. The van der Waals surface area contributed by atoms with E-state index in [0.29, 0.717) is 17.8 Å². The first-order valence-corrected chi connectivity index (χ1v) is 11.5. The molecule has 1 rings (SSSR count). The van der Waals surface area contributed by atoms with Gasteiger partial charge in [0.2, 0.25) is 5.91 Å². The number of carbonyl (C=O) groups excluding carboxylic acids is 1. The number of dihydropyridines is 1. The minimum absolute atomic E-state index is 0.0995. The molecule has 34 heavy (non-hydrogen) atoms. The maximum absolute atomic E-state index is 14.3. The number of hydrogen-bond acceptors (Lipinski definition) is 7. The SMILES string of the molecule is C=NO/N=C1\CC=CC=N1.CC.C\C(=C/C(F)=C(CF)/C(=C/C(C)C(N)=O)SCN)C(C)(C)O. The minimum atomic E-state index is -1.22. The number of allylic oxidation sites excluding steroid dienone is 4. The number of halogens is 2. The number of rotatable bonds is 10. The highest BCUT2D eigenvalue weighted by atomic mass is 32.2. The van der Waals surface area contributed by atoms with Gasteiger partial charge in [0.1, 0.15) is 12.5 Å². The third kappa shape index (κ3) is 14.5. The lowest BCUT2D eigenvalue weighted by molar-refractivity contribution is -0.120. The summed E-state index contributed by atoms with van der Waals surface area (Å²) in [4.78, 5) is 19.6. The summed E-state index contributed by atoms with van der Waals surface area (Å²) in [6.45, 7) is 12.1. The molecule has 0 aliphatic carbocycles. The topological polar surface area (TPSA) is 136 Å². The summed E-state index contributed by atoms with van der Waals surface area (Å²) >= 11 is 1.02. The van der Waals surface area contributed by atoms with E-state index in [1.807, 2.05) is 26.0 Å². The van der Waals surface area contributed by atoms with E-state index >= 15 is 0 Å². The molecule has 0 aromatic carbocycles. The van der Waals surface area contributed by atoms with Gasteiger partial charge in [-0.2, -0.15) is 0 Å². The number of primary amides is 1. The standard InChI is InChI=1S/C15H24F2N2O2S.C6H7N3O.C2H6/c1-9(14(19)20)5-13(22-8-18)11(7-16)12(17)6-10(2)15(3,4)21;1-7-10-9-6-4-2-3-5-8-6;1-2/h5-6,9,21H,7-8,18H2,1-4H3,(H2,19,20);2-3,5H,1,4H2;1-2H3/b10-6+,12-11-,13-5-;9-6+;. The Hall–Kier alpha value is -2.63. The number of amidine groups is 1. The van der Waals surface area contributed by atoms with Crippen molar-refractivity contribution in [1.82, 2.24) is 0 Å². The van der Waals surface area contributed by atoms with Crippen LogP contribution in [0.15, 0.2) is 61.5 Å². The molecule has 1 heterocycles. The van der Waals surface area contributed by atoms with Crippen molar-refractivity contribution in [2.75, 3.05) is 12.6 Å². The third-order valence-electron chi connectivity index (χ3n) is 4.07. The van der Waals surface area contributed by atoms with Crippen molar-refractivity contribution in [3.8, 4) is 0 Å². The van der Waals surface area contributed by atoms with Crippen LogP contribution in [0.4, 0.5) is 8.78 Å². The largest absolute Gasteiger partial charge is 0.386 e. The number of aliphatic hydroxyl groups is 1. The Morgan fingerprint density at radius 1 is 1.47 bits per heavy atom. The lowest BCUT2D eigenvalue weighted by Gasteiger charge is -2.18. The smallest absolute Gasteiger partial charge is 0.224 e. The number of alkyl halides is 1. The van der Waals surface area contributed by atoms with Gasteiger partial charge in [-0.05, 0) is 43.7 Å². The Morgan fingerprint density at radius 2 is 2.09 bits per heavy atom. The summed E-state index contributed by atoms with van der Waals surface area (Å²) in [6, 6.07) is 0. The molecule has 5 N–H and O–H groups in total. The number of thioether (sulfide) groups is 1. The average molecular weight is 502 g/mol. The Bertz CT molecular complexity index is 829. The van der Waals surface area contributed by atoms with Gasteiger partial charge in [0.15, 0.2) is 5.84 Å². The van der Waals surface area contributed by atoms with E-state index in [2.05, 4.69) is 27.0 Å². The number of nitrogens with zero attached hydrogens (tertiary/aromatic N) is 3. The monoisotopic (exact) mass is 501 g/mol. The lowest BCUT2D eigenvalue weighted by Crippen LogP contribution is -2.20. The zero-order valence-electron chi connectivity index (χ0n) is 20.7. The van der Waals surface area contributed by atoms with Crippen molar-refractivity contribution in [2.45, 2.75) is 53.6 Å². The van der Waals surface area contributed by atoms with Gasteiger partial charge in [-0.3, -0.25) is 4.79 Å². The van der Waals surface area contributed by atoms with Crippen LogP contribution < -0.4 is 11.5 Å². The van der Waals surface area contributed by atoms with Crippen LogP contribution in [0.3, 0.4) is 0 Å². The van der Waals surface area contributed by atoms with Crippen LogP contribution in [0, 0.1) is 5.92 Å². The maximum Gasteiger partial charge on any atom is 0.224 e. The molecule has 0 bridgehead atoms. The third-order valence-corrected chi connectivity index (χ3v) is 4.93. The molecule has 0 saturated carbocycles. The summed E-state index contributed by atoms with van der Waals surface area (Å²) in [5, 5.41) is 16.4. The van der Waals surface area contributed by atoms with Crippen molar-refractivity contribution >= 4 is 36.4 Å². The fraction of sp³-hybridized carbons (Fsp3) is 0.478. The predicted octanol–water partition coefficient (Wildman–Crippen LogP) is 4.54. The summed E-state index contributed by atoms with van der Waals surface area (Å²) in [7, 11) is 0. The molecule has 1 atom stereocenters. The zero-order chi connectivity index (χ0) is 26.7. The summed E-state index contributed by atoms with van der Waals surface area (Å²) in [6.07, 6.45) is 8.58. The molecular weight excluding hydrogens is 464 g/mol. The molecule has 0 radical (unpaired) electrons. The van der Waals surface area contributed by atoms with Crippen molar-refractivity contribution in [3.63, 3.8) is 0 Å². The first kappa shape index (κ1) is 33.5. The van der Waals surface area contributed by atoms with E-state index in [0.717, 1.165) is 17.8 Å². The first-order chi connectivity index (χ1) is 16.0. The fourth-order valence-corrected chi connectivity index (χ4v) is 2.70. The van der Waals surface area contributed by atoms with Crippen molar-refractivity contribution in [2.24, 2.45) is 32.7 Å². The number of oxime groups is 2. The highest BCUT2D eigenvalue weighted by Crippen LogP contribution is 2.30. The molecule has 1 aliphatic heterocycles. The van der Waals surface area contributed by atoms with E-state index in [4.69, 9.17) is 11.5 Å². The number of nitrogens with two attached hydrogens (primary N) is 2. The highest BCUT2D eigenvalue weighted by Gasteiger charge is 2.18. The van der Waals surface area contributed by atoms with Gasteiger partial charge in [0, 0.05) is 35.7 Å². The molecule has 0 saturated heterocycles. The van der Waals surface area contributed by atoms with Gasteiger partial charge in [0.05, 0.1) is 11.5 Å². The molecular formula is C23H37F2N5O3S. The highest BCUT2D eigenvalue weighted by molar-refractivity contribution is 8.03. The number of hydrogen-bond donors (Lipinski definition) is 3. The number of carbonyl (C=O) groups is 1. The van der Waals surface area contributed by atoms with Gasteiger partial charge in [-0.15, -0.1) is 11.8 Å². The second-order valence-electron chi connectivity index (χ2n) is 7.01. The second kappa shape index (κ2) is 18.8. The van der Waals surface area contributed by atoms with Gasteiger partial charge in [0.25, 0.3) is 0 Å². The van der Waals surface area contributed by atoms with Gasteiger partial charge < -0.3 is 16.6 Å². The molecule has 1 amide bonds. The first-order valence-electron chi connectivity index (χ1n) is 10.6. The van der Waals surface area contributed by atoms with Gasteiger partial charge in [-0.25, -0.2) is 18.7 Å². The molecule has 8 nitrogen and oxygen atoms in total. The van der Waals surface area contributed by atoms with Crippen LogP contribution in [-0.4, -0.2) is 47.9 Å². The normalized spacial score (nSPS) is 16.5. The Balaban J connectivity index is 0. The molecule has 0 aromatic rings. The Morgan fingerprint density at radius 3 is 2.50 bits per heavy atom. The van der Waals surface area contributed by atoms with E-state index in [9.17, 15) is 18.7 Å². The molecule has 0 aromatic heterocycles. The fourth-order valence-electron chi connectivity index (χ4n) is 1.89. The van der Waals surface area contributed by atoms with Crippen LogP contribution in [-0.2, 0) is 9.73 Å². The van der Waals surface area contributed by atoms with Crippen LogP contribution in [0.25, 0.3) is 0 Å². The molecule has 1 aliphatic rings. The van der Waals surface area contributed by atoms with Crippen LogP contribution in [0.2, 0.25) is 0 Å². The summed E-state index contributed by atoms with van der Waals surface area (Å²) in [5.74, 6) is -1.39. The minimum Gasteiger partial charge on any atom is -0.386 e. The van der Waals surface area contributed by atoms with Crippen molar-refractivity contribution < 1.29 is 23.6 Å². The van der Waals surface area contributed by atoms with Gasteiger partial charge >= 0.3 is 0 Å². The van der Waals surface area contributed by atoms with E-state index in [1.165, 1.54) is 26.8 Å². The average Bonchev–Trinajstić information content (AvgIpc) is 2.80. The van der Waals surface area contributed by atoms with Crippen molar-refractivity contribution in [3.05, 3.63) is 46.2 Å². The maximum atomic E-state index is 14.3. The van der Waals surface area contributed by atoms with Gasteiger partial charge in [-0.1, -0.05) is 38.1 Å². The Kier molecular flexibility index (Phi) is 18.5. The Labute approximate surface area is 205 Å². The zero-order valence-corrected chi connectivity index (χ0v) is 21.5. The van der Waals surface area contributed by atoms with Crippen LogP contribution in [0.5, 0.6) is 0 Å². The predicted molar refractivity (Wildman–Crippen MR) is 139 cm³/mol. The summed E-state index contributed by atoms with van der Waals surface area (Å²) in [5.41, 5.74) is 9.50. The van der Waals surface area contributed by atoms with Crippen LogP contribution >= 0.6 is 11.8 Å². The number of aliphatic imine (C=N–C) groups is 1. The van der Waals surface area contributed by atoms with E-state index in [-0.39, 0.29) is 16.4 Å². The number of amides is 1. The quantitative estimate of drug-likeness (QED) is 0.175. The summed E-state index contributed by atoms with van der Waals surface area (Å²) < 4.78 is 27.6. The van der Waals surface area contributed by atoms with E-state index in [1.54, 1.807) is 13.1 Å². The second-order valence-corrected chi connectivity index (χ2v) is 8.07. The lowest BCUT2D eigenvalue weighted by atomic mass is 9.98.